The first-order chi connectivity index (χ1) is 12.0. The molecule has 0 spiro atoms. The quantitative estimate of drug-likeness (QED) is 0.830. The van der Waals surface area contributed by atoms with Crippen LogP contribution in [-0.2, 0) is 4.79 Å². The molecule has 2 atom stereocenters. The van der Waals surface area contributed by atoms with E-state index in [1.807, 2.05) is 32.0 Å². The molecular weight excluding hydrogens is 324 g/mol. The maximum atomic E-state index is 11.4. The zero-order valence-corrected chi connectivity index (χ0v) is 14.3. The average Bonchev–Trinajstić information content (AvgIpc) is 3.09. The van der Waals surface area contributed by atoms with Crippen LogP contribution in [0.1, 0.15) is 31.9 Å². The van der Waals surface area contributed by atoms with Crippen molar-refractivity contribution in [3.05, 3.63) is 41.9 Å². The summed E-state index contributed by atoms with van der Waals surface area (Å²) in [6.45, 7) is 4.04. The zero-order chi connectivity index (χ0) is 18.0. The van der Waals surface area contributed by atoms with E-state index in [-0.39, 0.29) is 11.8 Å². The number of nitrogens with one attached hydrogen (secondary N) is 1. The number of hydrogen-bond donors (Lipinski definition) is 2. The molecule has 0 saturated heterocycles. The van der Waals surface area contributed by atoms with E-state index in [1.54, 1.807) is 17.9 Å². The molecule has 1 aromatic carbocycles. The first-order valence-corrected chi connectivity index (χ1v) is 7.99. The molecule has 132 valence electrons. The van der Waals surface area contributed by atoms with Crippen molar-refractivity contribution < 1.29 is 19.4 Å². The summed E-state index contributed by atoms with van der Waals surface area (Å²) in [6, 6.07) is 5.12. The summed E-state index contributed by atoms with van der Waals surface area (Å²) in [4.78, 5) is 15.4. The number of ether oxygens (including phenoxy) is 2. The first-order valence-electron chi connectivity index (χ1n) is 7.99. The molecule has 2 unspecified atom stereocenters. The average molecular weight is 344 g/mol. The molecule has 1 aliphatic rings. The molecule has 0 aliphatic carbocycles. The van der Waals surface area contributed by atoms with Gasteiger partial charge in [-0.05, 0) is 37.1 Å². The van der Waals surface area contributed by atoms with Gasteiger partial charge >= 0.3 is 5.97 Å². The van der Waals surface area contributed by atoms with E-state index in [2.05, 4.69) is 15.4 Å². The van der Waals surface area contributed by atoms with Gasteiger partial charge in [0.15, 0.2) is 11.5 Å². The minimum atomic E-state index is -1.05. The van der Waals surface area contributed by atoms with Gasteiger partial charge in [-0.2, -0.15) is 10.1 Å². The Labute approximate surface area is 145 Å². The van der Waals surface area contributed by atoms with Gasteiger partial charge in [-0.3, -0.25) is 0 Å². The second-order valence-electron chi connectivity index (χ2n) is 5.73. The number of methoxy groups -OCH3 is 1. The van der Waals surface area contributed by atoms with E-state index in [1.165, 1.54) is 6.33 Å². The lowest BCUT2D eigenvalue weighted by Crippen LogP contribution is -2.24. The second kappa shape index (κ2) is 6.84. The van der Waals surface area contributed by atoms with Crippen LogP contribution in [0.5, 0.6) is 11.5 Å². The van der Waals surface area contributed by atoms with Crippen molar-refractivity contribution in [2.24, 2.45) is 0 Å². The molecule has 1 aromatic heterocycles. The van der Waals surface area contributed by atoms with E-state index < -0.39 is 12.0 Å². The maximum absolute atomic E-state index is 11.4. The van der Waals surface area contributed by atoms with E-state index >= 15 is 0 Å². The molecule has 0 fully saturated rings. The highest BCUT2D eigenvalue weighted by Gasteiger charge is 2.26. The van der Waals surface area contributed by atoms with Crippen molar-refractivity contribution in [2.75, 3.05) is 12.4 Å². The van der Waals surface area contributed by atoms with Gasteiger partial charge in [0.1, 0.15) is 18.1 Å². The number of nitrogens with zero attached hydrogens (tertiary/aromatic N) is 3. The molecule has 2 heterocycles. The Morgan fingerprint density at radius 1 is 1.44 bits per heavy atom. The topological polar surface area (TPSA) is 98.5 Å². The monoisotopic (exact) mass is 344 g/mol. The summed E-state index contributed by atoms with van der Waals surface area (Å²) in [5, 5.41) is 16.2. The van der Waals surface area contributed by atoms with Crippen LogP contribution in [0.4, 0.5) is 5.95 Å². The molecule has 1 aliphatic heterocycles. The van der Waals surface area contributed by atoms with Gasteiger partial charge in [-0.1, -0.05) is 13.0 Å². The van der Waals surface area contributed by atoms with E-state index in [9.17, 15) is 9.90 Å². The number of carbonyl (C=O) groups is 1. The number of allylic oxidation sites excluding steroid dienone is 1. The fourth-order valence-corrected chi connectivity index (χ4v) is 2.56. The highest BCUT2D eigenvalue weighted by Crippen LogP contribution is 2.35. The third kappa shape index (κ3) is 3.28. The lowest BCUT2D eigenvalue weighted by molar-refractivity contribution is -0.132. The summed E-state index contributed by atoms with van der Waals surface area (Å²) >= 11 is 0. The van der Waals surface area contributed by atoms with Crippen molar-refractivity contribution >= 4 is 11.9 Å². The fraction of sp³-hybridized carbons (Fsp3) is 0.353. The zero-order valence-electron chi connectivity index (χ0n) is 14.3. The van der Waals surface area contributed by atoms with Gasteiger partial charge in [0.05, 0.1) is 13.2 Å². The molecule has 0 bridgehead atoms. The van der Waals surface area contributed by atoms with Crippen LogP contribution < -0.4 is 14.8 Å². The summed E-state index contributed by atoms with van der Waals surface area (Å²) in [5.41, 5.74) is 0.879. The highest BCUT2D eigenvalue weighted by molar-refractivity contribution is 5.90. The normalized spacial score (nSPS) is 17.1. The molecule has 3 rings (SSSR count). The Balaban J connectivity index is 2.00. The number of carboxylic acid groups (broad SMARTS) is 1. The Morgan fingerprint density at radius 3 is 2.92 bits per heavy atom. The third-order valence-electron chi connectivity index (χ3n) is 4.07. The molecule has 0 amide bonds. The van der Waals surface area contributed by atoms with Crippen LogP contribution in [0.3, 0.4) is 0 Å². The van der Waals surface area contributed by atoms with Crippen LogP contribution in [-0.4, -0.2) is 39.1 Å². The number of anilines is 1. The number of benzene rings is 1. The summed E-state index contributed by atoms with van der Waals surface area (Å²) in [5.74, 6) is 0.561. The van der Waals surface area contributed by atoms with Crippen LogP contribution in [0.2, 0.25) is 0 Å². The first kappa shape index (κ1) is 16.8. The molecule has 25 heavy (non-hydrogen) atoms. The van der Waals surface area contributed by atoms with Crippen LogP contribution >= 0.6 is 0 Å². The van der Waals surface area contributed by atoms with Crippen LogP contribution in [0, 0.1) is 0 Å². The molecule has 8 nitrogen and oxygen atoms in total. The number of carboxylic acids is 1. The van der Waals surface area contributed by atoms with E-state index in [4.69, 9.17) is 9.47 Å². The second-order valence-corrected chi connectivity index (χ2v) is 5.73. The predicted molar refractivity (Wildman–Crippen MR) is 90.9 cm³/mol. The van der Waals surface area contributed by atoms with E-state index in [0.29, 0.717) is 17.4 Å². The lowest BCUT2D eigenvalue weighted by atomic mass is 10.0. The van der Waals surface area contributed by atoms with Crippen molar-refractivity contribution in [2.45, 2.75) is 32.4 Å². The summed E-state index contributed by atoms with van der Waals surface area (Å²) in [6.07, 6.45) is 3.92. The Kier molecular flexibility index (Phi) is 4.60. The van der Waals surface area contributed by atoms with Gasteiger partial charge in [0.2, 0.25) is 5.95 Å². The minimum absolute atomic E-state index is 0.0596. The predicted octanol–water partition coefficient (Wildman–Crippen LogP) is 2.45. The van der Waals surface area contributed by atoms with Crippen molar-refractivity contribution in [3.8, 4) is 11.5 Å². The van der Waals surface area contributed by atoms with Gasteiger partial charge in [0, 0.05) is 0 Å². The Bertz CT molecular complexity index is 815. The minimum Gasteiger partial charge on any atom is -0.493 e. The highest BCUT2D eigenvalue weighted by atomic mass is 16.5. The Morgan fingerprint density at radius 2 is 2.24 bits per heavy atom. The van der Waals surface area contributed by atoms with Gasteiger partial charge < -0.3 is 19.9 Å². The van der Waals surface area contributed by atoms with Gasteiger partial charge in [0.25, 0.3) is 0 Å². The molecule has 2 aromatic rings. The Hall–Kier alpha value is -3.03. The fourth-order valence-electron chi connectivity index (χ4n) is 2.56. The standard InChI is InChI=1S/C17H20N4O4/c1-4-10(2)25-14-6-5-11(7-15(14)24-3)13-8-12(16(22)23)20-17-18-9-19-21(13)17/h5-10,13H,4H2,1-3H3,(H,22,23)(H,18,19,20). The smallest absolute Gasteiger partial charge is 0.352 e. The molecular formula is C17H20N4O4. The van der Waals surface area contributed by atoms with Crippen molar-refractivity contribution in [1.29, 1.82) is 0 Å². The lowest BCUT2D eigenvalue weighted by Gasteiger charge is -2.23. The molecule has 0 saturated carbocycles. The van der Waals surface area contributed by atoms with Gasteiger partial charge in [-0.15, -0.1) is 0 Å². The SMILES string of the molecule is CCC(C)Oc1ccc(C2C=C(C(=O)O)Nc3ncnn32)cc1OC. The summed E-state index contributed by atoms with van der Waals surface area (Å²) < 4.78 is 12.9. The van der Waals surface area contributed by atoms with Crippen molar-refractivity contribution in [3.63, 3.8) is 0 Å². The van der Waals surface area contributed by atoms with Crippen LogP contribution in [0.25, 0.3) is 0 Å². The molecule has 8 heteroatoms. The number of hydrogen-bond acceptors (Lipinski definition) is 6. The number of aliphatic carboxylic acids is 1. The molecule has 2 N–H and O–H groups in total. The summed E-state index contributed by atoms with van der Waals surface area (Å²) in [7, 11) is 1.57. The number of rotatable bonds is 6. The van der Waals surface area contributed by atoms with Gasteiger partial charge in [-0.25, -0.2) is 9.48 Å². The number of aromatic nitrogens is 3. The maximum Gasteiger partial charge on any atom is 0.352 e. The van der Waals surface area contributed by atoms with Crippen molar-refractivity contribution in [1.82, 2.24) is 14.8 Å². The largest absolute Gasteiger partial charge is 0.493 e. The van der Waals surface area contributed by atoms with Crippen LogP contribution in [0.15, 0.2) is 36.3 Å². The number of fused-ring (bicyclic) bond motifs is 1. The molecule has 0 radical (unpaired) electrons. The van der Waals surface area contributed by atoms with E-state index in [0.717, 1.165) is 12.0 Å². The third-order valence-corrected chi connectivity index (χ3v) is 4.07.